The zero-order valence-corrected chi connectivity index (χ0v) is 19.9. The summed E-state index contributed by atoms with van der Waals surface area (Å²) >= 11 is 0. The second-order valence-electron chi connectivity index (χ2n) is 10.6. The van der Waals surface area contributed by atoms with Crippen molar-refractivity contribution in [3.63, 3.8) is 0 Å². The van der Waals surface area contributed by atoms with Crippen LogP contribution in [0.15, 0.2) is 23.8 Å². The van der Waals surface area contributed by atoms with E-state index in [9.17, 15) is 20.0 Å². The van der Waals surface area contributed by atoms with Crippen LogP contribution in [-0.4, -0.2) is 46.2 Å². The van der Waals surface area contributed by atoms with Gasteiger partial charge in [0.1, 0.15) is 17.8 Å². The molecule has 1 heterocycles. The molecular weight excluding hydrogens is 412 g/mol. The van der Waals surface area contributed by atoms with Gasteiger partial charge in [0.25, 0.3) is 0 Å². The van der Waals surface area contributed by atoms with Gasteiger partial charge in [-0.3, -0.25) is 14.8 Å². The number of cyclic esters (lactones) is 1. The first-order valence-electron chi connectivity index (χ1n) is 11.8. The van der Waals surface area contributed by atoms with Crippen molar-refractivity contribution in [3.8, 4) is 0 Å². The molecule has 0 radical (unpaired) electrons. The summed E-state index contributed by atoms with van der Waals surface area (Å²) in [7, 11) is 0. The number of allylic oxidation sites excluding steroid dienone is 2. The second kappa shape index (κ2) is 9.65. The molecule has 0 spiro atoms. The van der Waals surface area contributed by atoms with Gasteiger partial charge in [0, 0.05) is 18.8 Å². The third-order valence-electron chi connectivity index (χ3n) is 7.55. The predicted octanol–water partition coefficient (Wildman–Crippen LogP) is 4.20. The highest BCUT2D eigenvalue weighted by atomic mass is 17.1. The molecule has 2 aliphatic carbocycles. The number of esters is 2. The summed E-state index contributed by atoms with van der Waals surface area (Å²) in [6.45, 7) is 9.64. The summed E-state index contributed by atoms with van der Waals surface area (Å²) in [5.74, 6) is -0.250. The highest BCUT2D eigenvalue weighted by Gasteiger charge is 2.47. The fraction of sp³-hybridized carbons (Fsp3) is 0.760. The van der Waals surface area contributed by atoms with E-state index >= 15 is 0 Å². The Morgan fingerprint density at radius 2 is 2.06 bits per heavy atom. The van der Waals surface area contributed by atoms with E-state index in [1.807, 2.05) is 32.9 Å². The molecule has 7 unspecified atom stereocenters. The van der Waals surface area contributed by atoms with E-state index < -0.39 is 23.2 Å². The molecule has 7 nitrogen and oxygen atoms in total. The van der Waals surface area contributed by atoms with Crippen molar-refractivity contribution in [1.29, 1.82) is 0 Å². The molecule has 0 saturated carbocycles. The van der Waals surface area contributed by atoms with Crippen molar-refractivity contribution >= 4 is 11.9 Å². The van der Waals surface area contributed by atoms with Crippen molar-refractivity contribution in [2.24, 2.45) is 23.2 Å². The summed E-state index contributed by atoms with van der Waals surface area (Å²) in [5, 5.41) is 19.5. The third-order valence-corrected chi connectivity index (χ3v) is 7.55. The number of aliphatic hydroxyl groups is 1. The number of ether oxygens (including phenoxy) is 2. The molecule has 3 rings (SSSR count). The third kappa shape index (κ3) is 5.43. The zero-order chi connectivity index (χ0) is 23.7. The monoisotopic (exact) mass is 450 g/mol. The molecule has 1 saturated heterocycles. The first-order chi connectivity index (χ1) is 15.0. The van der Waals surface area contributed by atoms with Crippen molar-refractivity contribution in [1.82, 2.24) is 0 Å². The lowest BCUT2D eigenvalue weighted by Gasteiger charge is -2.46. The van der Waals surface area contributed by atoms with Gasteiger partial charge in [0.05, 0.1) is 17.9 Å². The largest absolute Gasteiger partial charge is 0.462 e. The zero-order valence-electron chi connectivity index (χ0n) is 19.9. The molecule has 7 heteroatoms. The summed E-state index contributed by atoms with van der Waals surface area (Å²) in [4.78, 5) is 29.5. The summed E-state index contributed by atoms with van der Waals surface area (Å²) in [6, 6.07) is 0. The van der Waals surface area contributed by atoms with Gasteiger partial charge in [-0.15, -0.1) is 0 Å². The van der Waals surface area contributed by atoms with Crippen LogP contribution in [0.2, 0.25) is 0 Å². The molecule has 32 heavy (non-hydrogen) atoms. The quantitative estimate of drug-likeness (QED) is 0.340. The molecule has 0 bridgehead atoms. The lowest BCUT2D eigenvalue weighted by Crippen LogP contribution is -2.48. The number of rotatable bonds is 7. The van der Waals surface area contributed by atoms with E-state index in [0.717, 1.165) is 12.0 Å². The maximum Gasteiger partial charge on any atom is 0.311 e. The van der Waals surface area contributed by atoms with Crippen LogP contribution in [0.3, 0.4) is 0 Å². The molecule has 3 aliphatic rings. The maximum atomic E-state index is 13.0. The van der Waals surface area contributed by atoms with E-state index in [-0.39, 0.29) is 42.2 Å². The average molecular weight is 451 g/mol. The molecule has 7 atom stereocenters. The normalized spacial score (nSPS) is 37.3. The van der Waals surface area contributed by atoms with E-state index in [1.165, 1.54) is 0 Å². The molecule has 0 aromatic rings. The minimum absolute atomic E-state index is 0.0425. The number of aliphatic hydroxyl groups excluding tert-OH is 1. The lowest BCUT2D eigenvalue weighted by molar-refractivity contribution is -0.311. The molecule has 2 N–H and O–H groups in total. The highest BCUT2D eigenvalue weighted by Crippen LogP contribution is 2.47. The van der Waals surface area contributed by atoms with Gasteiger partial charge in [0.15, 0.2) is 0 Å². The SMILES string of the molecule is CCC(C)(C)C(=O)OC1CC(C)(OO)C=C2C=CC(C)C(CCC3CC(O)CC(=O)O3)C21. The fourth-order valence-electron chi connectivity index (χ4n) is 5.14. The number of hydrogen-bond donors (Lipinski definition) is 2. The van der Waals surface area contributed by atoms with Gasteiger partial charge in [-0.1, -0.05) is 26.0 Å². The Bertz CT molecular complexity index is 770. The smallest absolute Gasteiger partial charge is 0.311 e. The van der Waals surface area contributed by atoms with Crippen LogP contribution in [-0.2, 0) is 24.0 Å². The van der Waals surface area contributed by atoms with Crippen LogP contribution in [0, 0.1) is 23.2 Å². The Hall–Kier alpha value is -1.70. The van der Waals surface area contributed by atoms with Gasteiger partial charge in [-0.25, -0.2) is 4.89 Å². The first kappa shape index (κ1) is 24.9. The topological polar surface area (TPSA) is 102 Å². The van der Waals surface area contributed by atoms with Crippen molar-refractivity contribution < 1.29 is 34.3 Å². The Kier molecular flexibility index (Phi) is 7.52. The standard InChI is InChI=1S/C25H38O7/c1-6-24(3,4)23(28)31-20-14-25(5,32-29)13-16-8-7-15(2)19(22(16)20)10-9-18-11-17(26)12-21(27)30-18/h7-8,13,15,17-20,22,26,29H,6,9-12,14H2,1-5H3. The van der Waals surface area contributed by atoms with Gasteiger partial charge in [-0.05, 0) is 63.5 Å². The van der Waals surface area contributed by atoms with E-state index in [0.29, 0.717) is 25.7 Å². The van der Waals surface area contributed by atoms with Crippen molar-refractivity contribution in [2.75, 3.05) is 0 Å². The number of carbonyl (C=O) groups is 2. The van der Waals surface area contributed by atoms with Gasteiger partial charge < -0.3 is 14.6 Å². The Balaban J connectivity index is 1.84. The summed E-state index contributed by atoms with van der Waals surface area (Å²) in [5.41, 5.74) is -0.551. The van der Waals surface area contributed by atoms with E-state index in [1.54, 1.807) is 6.92 Å². The second-order valence-corrected chi connectivity index (χ2v) is 10.6. The summed E-state index contributed by atoms with van der Waals surface area (Å²) in [6.07, 6.45) is 7.64. The van der Waals surface area contributed by atoms with Crippen LogP contribution in [0.4, 0.5) is 0 Å². The average Bonchev–Trinajstić information content (AvgIpc) is 2.72. The molecule has 0 amide bonds. The Morgan fingerprint density at radius 1 is 1.34 bits per heavy atom. The molecular formula is C25H38O7. The molecule has 0 aromatic heterocycles. The van der Waals surface area contributed by atoms with Crippen LogP contribution in [0.1, 0.15) is 73.1 Å². The van der Waals surface area contributed by atoms with E-state index in [2.05, 4.69) is 13.0 Å². The number of hydrogen-bond acceptors (Lipinski definition) is 7. The van der Waals surface area contributed by atoms with E-state index in [4.69, 9.17) is 14.4 Å². The lowest BCUT2D eigenvalue weighted by atomic mass is 9.64. The maximum absolute atomic E-state index is 13.0. The number of fused-ring (bicyclic) bond motifs is 1. The van der Waals surface area contributed by atoms with Gasteiger partial charge in [0.2, 0.25) is 0 Å². The molecule has 0 aromatic carbocycles. The Morgan fingerprint density at radius 3 is 2.69 bits per heavy atom. The van der Waals surface area contributed by atoms with Gasteiger partial charge >= 0.3 is 11.9 Å². The van der Waals surface area contributed by atoms with Crippen LogP contribution in [0.25, 0.3) is 0 Å². The van der Waals surface area contributed by atoms with Crippen LogP contribution in [0.5, 0.6) is 0 Å². The highest BCUT2D eigenvalue weighted by molar-refractivity contribution is 5.76. The predicted molar refractivity (Wildman–Crippen MR) is 118 cm³/mol. The van der Waals surface area contributed by atoms with Crippen LogP contribution >= 0.6 is 0 Å². The molecule has 1 fully saturated rings. The summed E-state index contributed by atoms with van der Waals surface area (Å²) < 4.78 is 11.5. The minimum Gasteiger partial charge on any atom is -0.462 e. The first-order valence-corrected chi connectivity index (χ1v) is 11.8. The van der Waals surface area contributed by atoms with Gasteiger partial charge in [-0.2, -0.15) is 0 Å². The van der Waals surface area contributed by atoms with Crippen molar-refractivity contribution in [2.45, 2.75) is 97.1 Å². The fourth-order valence-corrected chi connectivity index (χ4v) is 5.14. The number of carbonyl (C=O) groups excluding carboxylic acids is 2. The van der Waals surface area contributed by atoms with Crippen LogP contribution < -0.4 is 0 Å². The van der Waals surface area contributed by atoms with Crippen molar-refractivity contribution in [3.05, 3.63) is 23.8 Å². The molecule has 1 aliphatic heterocycles. The minimum atomic E-state index is -0.939. The molecule has 180 valence electrons. The Labute approximate surface area is 190 Å².